The molecule has 0 bridgehead atoms. The van der Waals surface area contributed by atoms with E-state index in [0.717, 1.165) is 11.1 Å². The Kier molecular flexibility index (Phi) is 9.26. The molecule has 7 rings (SSSR count). The molecule has 260 valence electrons. The minimum atomic E-state index is -5.66. The number of halogens is 6. The fourth-order valence-electron chi connectivity index (χ4n) is 6.49. The lowest BCUT2D eigenvalue weighted by atomic mass is 9.92. The van der Waals surface area contributed by atoms with Crippen LogP contribution in [0, 0.1) is 0 Å². The van der Waals surface area contributed by atoms with Crippen molar-refractivity contribution in [3.63, 3.8) is 0 Å². The van der Waals surface area contributed by atoms with Gasteiger partial charge in [0.25, 0.3) is 0 Å². The topological polar surface area (TPSA) is 7.76 Å². The van der Waals surface area contributed by atoms with Crippen LogP contribution in [0.3, 0.4) is 0 Å². The second-order valence-corrected chi connectivity index (χ2v) is 15.1. The largest absolute Gasteiger partial charge is 0.380 e. The van der Waals surface area contributed by atoms with Crippen molar-refractivity contribution in [1.82, 2.24) is 0 Å². The lowest BCUT2D eigenvalue weighted by molar-refractivity contribution is -0.671. The number of pyridine rings is 2. The smallest absolute Gasteiger partial charge is 0.208 e. The Morgan fingerprint density at radius 3 is 1.20 bits per heavy atom. The fourth-order valence-corrected chi connectivity index (χ4v) is 8.83. The van der Waals surface area contributed by atoms with E-state index in [2.05, 4.69) is 0 Å². The van der Waals surface area contributed by atoms with Gasteiger partial charge in [-0.2, -0.15) is 26.3 Å². The summed E-state index contributed by atoms with van der Waals surface area (Å²) in [5.41, 5.74) is 0.0619. The highest BCUT2D eigenvalue weighted by molar-refractivity contribution is 7.16. The number of rotatable bonds is 10. The summed E-state index contributed by atoms with van der Waals surface area (Å²) in [5, 5.41) is 0. The Bertz CT molecular complexity index is 2030. The van der Waals surface area contributed by atoms with Crippen molar-refractivity contribution in [1.29, 1.82) is 0 Å². The highest BCUT2D eigenvalue weighted by Gasteiger charge is 2.80. The van der Waals surface area contributed by atoms with E-state index in [-0.39, 0.29) is 24.0 Å². The first kappa shape index (κ1) is 34.9. The molecule has 0 saturated carbocycles. The minimum Gasteiger partial charge on any atom is -0.208 e. The number of hydrogen-bond donors (Lipinski definition) is 0. The predicted octanol–water partition coefficient (Wildman–Crippen LogP) is 10.2. The van der Waals surface area contributed by atoms with Crippen molar-refractivity contribution in [2.24, 2.45) is 14.1 Å². The first-order valence-corrected chi connectivity index (χ1v) is 18.1. The molecular weight excluding hydrogens is 699 g/mol. The first-order chi connectivity index (χ1) is 24.4. The zero-order chi connectivity index (χ0) is 36.0. The van der Waals surface area contributed by atoms with Crippen molar-refractivity contribution in [3.05, 3.63) is 154 Å². The van der Waals surface area contributed by atoms with Crippen LogP contribution in [0.4, 0.5) is 26.3 Å². The van der Waals surface area contributed by atoms with Gasteiger partial charge in [0.1, 0.15) is 14.1 Å². The summed E-state index contributed by atoms with van der Waals surface area (Å²) in [7, 11) is 3.73. The summed E-state index contributed by atoms with van der Waals surface area (Å²) in [5.74, 6) is -16.0. The number of aryl methyl sites for hydroxylation is 6. The quantitative estimate of drug-likeness (QED) is 0.0979. The van der Waals surface area contributed by atoms with Crippen LogP contribution >= 0.6 is 22.7 Å². The minimum absolute atomic E-state index is 0.196. The van der Waals surface area contributed by atoms with Gasteiger partial charge in [-0.1, -0.05) is 60.7 Å². The number of benzene rings is 2. The maximum atomic E-state index is 16.4. The first-order valence-electron chi connectivity index (χ1n) is 16.5. The van der Waals surface area contributed by atoms with Crippen LogP contribution in [0.15, 0.2) is 122 Å². The van der Waals surface area contributed by atoms with Gasteiger partial charge in [-0.05, 0) is 71.2 Å². The third-order valence-electron chi connectivity index (χ3n) is 9.32. The van der Waals surface area contributed by atoms with Crippen molar-refractivity contribution in [2.45, 2.75) is 43.5 Å². The maximum absolute atomic E-state index is 16.4. The lowest BCUT2D eigenvalue weighted by Crippen LogP contribution is -2.49. The second-order valence-electron chi connectivity index (χ2n) is 12.8. The number of hydrogen-bond acceptors (Lipinski definition) is 2. The van der Waals surface area contributed by atoms with Crippen LogP contribution in [0.2, 0.25) is 0 Å². The van der Waals surface area contributed by atoms with Gasteiger partial charge in [0.05, 0.1) is 0 Å². The molecule has 4 aromatic heterocycles. The van der Waals surface area contributed by atoms with Crippen LogP contribution in [0.5, 0.6) is 0 Å². The lowest BCUT2D eigenvalue weighted by Gasteiger charge is -2.26. The molecule has 0 radical (unpaired) electrons. The number of nitrogens with zero attached hydrogens (tertiary/aromatic N) is 2. The molecule has 0 fully saturated rings. The highest BCUT2D eigenvalue weighted by Crippen LogP contribution is 2.66. The Balaban J connectivity index is 1.44. The van der Waals surface area contributed by atoms with Crippen molar-refractivity contribution < 1.29 is 35.5 Å². The normalized spacial score (nSPS) is 16.2. The predicted molar refractivity (Wildman–Crippen MR) is 191 cm³/mol. The molecule has 0 atom stereocenters. The molecule has 4 heterocycles. The second kappa shape index (κ2) is 13.5. The fraction of sp³-hybridized carbons (Fsp3) is 0.220. The van der Waals surface area contributed by atoms with Gasteiger partial charge in [0.2, 0.25) is 0 Å². The molecule has 0 amide bonds. The molecule has 0 spiro atoms. The van der Waals surface area contributed by atoms with Gasteiger partial charge >= 0.3 is 17.8 Å². The molecule has 1 aliphatic carbocycles. The molecule has 0 aliphatic heterocycles. The molecule has 51 heavy (non-hydrogen) atoms. The summed E-state index contributed by atoms with van der Waals surface area (Å²) in [4.78, 5) is 1.77. The van der Waals surface area contributed by atoms with Crippen molar-refractivity contribution in [3.8, 4) is 20.9 Å². The molecule has 2 nitrogen and oxygen atoms in total. The molecular formula is C41H34F6N2S2+2. The van der Waals surface area contributed by atoms with E-state index < -0.39 is 28.9 Å². The average Bonchev–Trinajstić information content (AvgIpc) is 3.77. The summed E-state index contributed by atoms with van der Waals surface area (Å²) < 4.78 is 101. The summed E-state index contributed by atoms with van der Waals surface area (Å²) >= 11 is 2.35. The van der Waals surface area contributed by atoms with Crippen LogP contribution in [0.1, 0.15) is 32.0 Å². The van der Waals surface area contributed by atoms with Gasteiger partial charge in [-0.3, -0.25) is 0 Å². The third kappa shape index (κ3) is 6.44. The molecule has 2 aromatic carbocycles. The molecule has 0 N–H and O–H groups in total. The Labute approximate surface area is 300 Å². The van der Waals surface area contributed by atoms with Gasteiger partial charge in [-0.15, -0.1) is 22.7 Å². The van der Waals surface area contributed by atoms with Crippen LogP contribution in [-0.2, 0) is 39.8 Å². The summed E-state index contributed by atoms with van der Waals surface area (Å²) in [6.45, 7) is 0. The molecule has 6 aromatic rings. The monoisotopic (exact) mass is 732 g/mol. The van der Waals surface area contributed by atoms with E-state index in [1.165, 1.54) is 34.8 Å². The molecule has 0 saturated heterocycles. The standard InChI is InChI=1S/C41H34F6N2S2/c1-48-21-17-27(18-22-48)13-15-33-31(25-35(50-33)29-9-5-3-6-10-29)37-38(40(44,45)41(46,47)39(37,42)43)32-26-36(30-11-7-4-8-12-30)51-34(32)16-14-28-19-23-49(2)24-20-28/h3-12,17-26H,13-16H2,1-2H3/q+2. The van der Waals surface area contributed by atoms with Gasteiger partial charge in [0.15, 0.2) is 24.8 Å². The third-order valence-corrected chi connectivity index (χ3v) is 11.8. The maximum Gasteiger partial charge on any atom is 0.380 e. The Morgan fingerprint density at radius 1 is 0.490 bits per heavy atom. The number of thiophene rings is 2. The van der Waals surface area contributed by atoms with E-state index in [1.807, 2.05) is 72.3 Å². The molecule has 10 heteroatoms. The SMILES string of the molecule is C[n+]1ccc(CCc2sc(-c3ccccc3)cc2C2=C(c3cc(-c4ccccc4)sc3CCc3cc[n+](C)cc3)C(F)(F)C(F)(F)C2(F)F)cc1. The zero-order valence-corrected chi connectivity index (χ0v) is 29.5. The van der Waals surface area contributed by atoms with Gasteiger partial charge < -0.3 is 0 Å². The Hall–Kier alpha value is -4.54. The van der Waals surface area contributed by atoms with E-state index in [1.54, 1.807) is 60.7 Å². The zero-order valence-electron chi connectivity index (χ0n) is 27.9. The number of aromatic nitrogens is 2. The van der Waals surface area contributed by atoms with Crippen molar-refractivity contribution >= 4 is 33.8 Å². The van der Waals surface area contributed by atoms with Gasteiger partial charge in [0, 0.05) is 54.9 Å². The van der Waals surface area contributed by atoms with E-state index >= 15 is 26.3 Å². The van der Waals surface area contributed by atoms with Crippen molar-refractivity contribution in [2.75, 3.05) is 0 Å². The average molecular weight is 733 g/mol. The highest BCUT2D eigenvalue weighted by atomic mass is 32.1. The van der Waals surface area contributed by atoms with E-state index in [0.29, 0.717) is 43.5 Å². The van der Waals surface area contributed by atoms with E-state index in [9.17, 15) is 0 Å². The summed E-state index contributed by atoms with van der Waals surface area (Å²) in [6, 6.07) is 28.2. The van der Waals surface area contributed by atoms with E-state index in [4.69, 9.17) is 0 Å². The summed E-state index contributed by atoms with van der Waals surface area (Å²) in [6.07, 6.45) is 8.61. The van der Waals surface area contributed by atoms with Gasteiger partial charge in [-0.25, -0.2) is 9.13 Å². The number of allylic oxidation sites excluding steroid dienone is 2. The van der Waals surface area contributed by atoms with Crippen LogP contribution < -0.4 is 9.13 Å². The number of alkyl halides is 6. The molecule has 1 aliphatic rings. The Morgan fingerprint density at radius 2 is 0.843 bits per heavy atom. The van der Waals surface area contributed by atoms with Crippen LogP contribution in [-0.4, -0.2) is 17.8 Å². The molecule has 0 unspecified atom stereocenters. The van der Waals surface area contributed by atoms with Crippen LogP contribution in [0.25, 0.3) is 32.0 Å².